The van der Waals surface area contributed by atoms with E-state index in [1.807, 2.05) is 0 Å². The molecule has 2 N–H and O–H groups in total. The lowest BCUT2D eigenvalue weighted by molar-refractivity contribution is -0.137. The number of nitrogens with one attached hydrogen (secondary N) is 1. The van der Waals surface area contributed by atoms with Crippen LogP contribution in [0.3, 0.4) is 0 Å². The van der Waals surface area contributed by atoms with E-state index >= 15 is 0 Å². The number of H-pyrrole nitrogens is 1. The Morgan fingerprint density at radius 2 is 1.94 bits per heavy atom. The third kappa shape index (κ3) is 4.31. The molecule has 0 aliphatic rings. The van der Waals surface area contributed by atoms with Crippen LogP contribution in [0.5, 0.6) is 0 Å². The van der Waals surface area contributed by atoms with Crippen LogP contribution in [0.2, 0.25) is 0 Å². The highest BCUT2D eigenvalue weighted by atomic mass is 19.4. The van der Waals surface area contributed by atoms with E-state index in [9.17, 15) is 23.1 Å². The number of aromatic amines is 1. The molecule has 0 radical (unpaired) electrons. The van der Waals surface area contributed by atoms with Gasteiger partial charge in [-0.1, -0.05) is 0 Å². The number of rotatable bonds is 4. The van der Waals surface area contributed by atoms with E-state index in [1.54, 1.807) is 20.0 Å². The Hall–Kier alpha value is -3.60. The molecule has 0 aromatic carbocycles. The normalized spacial score (nSPS) is 12.5. The van der Waals surface area contributed by atoms with Crippen molar-refractivity contribution >= 4 is 10.9 Å². The largest absolute Gasteiger partial charge is 0.417 e. The second-order valence-corrected chi connectivity index (χ2v) is 7.63. The fourth-order valence-corrected chi connectivity index (χ4v) is 3.07. The number of alkyl halides is 3. The molecule has 0 spiro atoms. The molecule has 0 saturated heterocycles. The summed E-state index contributed by atoms with van der Waals surface area (Å²) in [4.78, 5) is 32.2. The molecule has 0 aliphatic heterocycles. The molecular weight excluding hydrogens is 413 g/mol. The lowest BCUT2D eigenvalue weighted by atomic mass is 10.1. The molecule has 4 aromatic rings. The third-order valence-corrected chi connectivity index (χ3v) is 4.43. The summed E-state index contributed by atoms with van der Waals surface area (Å²) in [5.74, 6) is 0.531. The molecule has 0 amide bonds. The van der Waals surface area contributed by atoms with Gasteiger partial charge in [-0.3, -0.25) is 14.3 Å². The topological polar surface area (TPSA) is 110 Å². The van der Waals surface area contributed by atoms with Gasteiger partial charge in [-0.05, 0) is 32.0 Å². The SMILES string of the molecule is CC(C)(O)Cc1nc2c(-n3ccnc3)nc(-c3ccc(C(F)(F)F)cn3)cc2c(=O)[nH]1. The maximum absolute atomic E-state index is 12.9. The van der Waals surface area contributed by atoms with Crippen molar-refractivity contribution in [2.75, 3.05) is 0 Å². The van der Waals surface area contributed by atoms with Crippen molar-refractivity contribution in [3.8, 4) is 17.2 Å². The summed E-state index contributed by atoms with van der Waals surface area (Å²) in [6, 6.07) is 3.52. The summed E-state index contributed by atoms with van der Waals surface area (Å²) >= 11 is 0. The second-order valence-electron chi connectivity index (χ2n) is 7.63. The predicted molar refractivity (Wildman–Crippen MR) is 106 cm³/mol. The van der Waals surface area contributed by atoms with Gasteiger partial charge in [0.1, 0.15) is 17.7 Å². The number of aromatic nitrogens is 6. The first-order valence-electron chi connectivity index (χ1n) is 9.19. The van der Waals surface area contributed by atoms with E-state index < -0.39 is 22.9 Å². The molecule has 0 aliphatic carbocycles. The smallest absolute Gasteiger partial charge is 0.390 e. The van der Waals surface area contributed by atoms with Gasteiger partial charge < -0.3 is 10.1 Å². The van der Waals surface area contributed by atoms with Crippen LogP contribution < -0.4 is 5.56 Å². The average molecular weight is 430 g/mol. The van der Waals surface area contributed by atoms with Crippen molar-refractivity contribution in [2.45, 2.75) is 32.0 Å². The Bertz CT molecular complexity index is 1290. The summed E-state index contributed by atoms with van der Waals surface area (Å²) in [5, 5.41) is 10.3. The fraction of sp³-hybridized carbons (Fsp3) is 0.250. The van der Waals surface area contributed by atoms with Crippen molar-refractivity contribution < 1.29 is 18.3 Å². The zero-order chi connectivity index (χ0) is 22.4. The van der Waals surface area contributed by atoms with E-state index in [0.717, 1.165) is 6.07 Å². The Morgan fingerprint density at radius 3 is 2.52 bits per heavy atom. The number of aliphatic hydroxyl groups is 1. The van der Waals surface area contributed by atoms with Gasteiger partial charge in [0, 0.05) is 25.0 Å². The predicted octanol–water partition coefficient (Wildman–Crippen LogP) is 2.90. The molecule has 8 nitrogen and oxygen atoms in total. The van der Waals surface area contributed by atoms with Crippen LogP contribution in [-0.4, -0.2) is 40.2 Å². The Morgan fingerprint density at radius 1 is 1.16 bits per heavy atom. The van der Waals surface area contributed by atoms with E-state index in [4.69, 9.17) is 0 Å². The number of pyridine rings is 2. The van der Waals surface area contributed by atoms with Crippen molar-refractivity contribution in [3.05, 3.63) is 64.9 Å². The zero-order valence-electron chi connectivity index (χ0n) is 16.5. The first-order chi connectivity index (χ1) is 14.5. The highest BCUT2D eigenvalue weighted by Gasteiger charge is 2.30. The lowest BCUT2D eigenvalue weighted by Gasteiger charge is -2.16. The summed E-state index contributed by atoms with van der Waals surface area (Å²) in [6.07, 6.45) is 0.884. The van der Waals surface area contributed by atoms with Gasteiger partial charge in [0.2, 0.25) is 0 Å². The molecular formula is C20H17F3N6O2. The van der Waals surface area contributed by atoms with Gasteiger partial charge >= 0.3 is 6.18 Å². The standard InChI is InChI=1S/C20H17F3N6O2/c1-19(2,31)8-15-27-16-12(18(30)28-15)7-14(26-17(16)29-6-5-24-10-29)13-4-3-11(9-25-13)20(21,22)23/h3-7,9-10,31H,8H2,1-2H3,(H,27,28,30). The molecule has 160 valence electrons. The minimum absolute atomic E-state index is 0.101. The minimum atomic E-state index is -4.51. The molecule has 0 bridgehead atoms. The first-order valence-corrected chi connectivity index (χ1v) is 9.19. The Labute approximate surface area is 173 Å². The summed E-state index contributed by atoms with van der Waals surface area (Å²) < 4.78 is 40.1. The van der Waals surface area contributed by atoms with Gasteiger partial charge in [0.25, 0.3) is 5.56 Å². The van der Waals surface area contributed by atoms with Crippen molar-refractivity contribution in [3.63, 3.8) is 0 Å². The minimum Gasteiger partial charge on any atom is -0.390 e. The van der Waals surface area contributed by atoms with Gasteiger partial charge in [-0.15, -0.1) is 0 Å². The quantitative estimate of drug-likeness (QED) is 0.515. The molecule has 31 heavy (non-hydrogen) atoms. The van der Waals surface area contributed by atoms with Crippen LogP contribution in [0.15, 0.2) is 47.9 Å². The molecule has 0 saturated carbocycles. The van der Waals surface area contributed by atoms with E-state index in [-0.39, 0.29) is 40.4 Å². The molecule has 4 aromatic heterocycles. The summed E-state index contributed by atoms with van der Waals surface area (Å²) in [6.45, 7) is 3.18. The monoisotopic (exact) mass is 430 g/mol. The lowest BCUT2D eigenvalue weighted by Crippen LogP contribution is -2.25. The number of hydrogen-bond acceptors (Lipinski definition) is 6. The summed E-state index contributed by atoms with van der Waals surface area (Å²) in [7, 11) is 0. The first kappa shape index (κ1) is 20.7. The van der Waals surface area contributed by atoms with Gasteiger partial charge in [0.15, 0.2) is 5.82 Å². The van der Waals surface area contributed by atoms with Gasteiger partial charge in [-0.2, -0.15) is 13.2 Å². The maximum Gasteiger partial charge on any atom is 0.417 e. The van der Waals surface area contributed by atoms with Crippen molar-refractivity contribution in [1.82, 2.24) is 29.5 Å². The zero-order valence-corrected chi connectivity index (χ0v) is 16.5. The van der Waals surface area contributed by atoms with Crippen LogP contribution in [0.1, 0.15) is 25.2 Å². The van der Waals surface area contributed by atoms with Crippen LogP contribution >= 0.6 is 0 Å². The third-order valence-electron chi connectivity index (χ3n) is 4.43. The highest BCUT2D eigenvalue weighted by molar-refractivity contribution is 5.87. The number of halogens is 3. The average Bonchev–Trinajstić information content (AvgIpc) is 3.20. The molecule has 4 rings (SSSR count). The fourth-order valence-electron chi connectivity index (χ4n) is 3.07. The molecule has 0 fully saturated rings. The Kier molecular flexibility index (Phi) is 4.85. The van der Waals surface area contributed by atoms with Crippen LogP contribution in [0.4, 0.5) is 13.2 Å². The van der Waals surface area contributed by atoms with E-state index in [0.29, 0.717) is 6.20 Å². The Balaban J connectivity index is 1.92. The number of hydrogen-bond donors (Lipinski definition) is 2. The van der Waals surface area contributed by atoms with Crippen LogP contribution in [0.25, 0.3) is 28.1 Å². The van der Waals surface area contributed by atoms with Gasteiger partial charge in [-0.25, -0.2) is 15.0 Å². The molecule has 11 heteroatoms. The number of nitrogens with zero attached hydrogens (tertiary/aromatic N) is 5. The van der Waals surface area contributed by atoms with Gasteiger partial charge in [0.05, 0.1) is 27.9 Å². The molecule has 0 unspecified atom stereocenters. The molecule has 4 heterocycles. The van der Waals surface area contributed by atoms with Crippen LogP contribution in [-0.2, 0) is 12.6 Å². The van der Waals surface area contributed by atoms with Crippen molar-refractivity contribution in [2.24, 2.45) is 0 Å². The summed E-state index contributed by atoms with van der Waals surface area (Å²) in [5.41, 5.74) is -1.83. The van der Waals surface area contributed by atoms with E-state index in [1.165, 1.54) is 29.2 Å². The highest BCUT2D eigenvalue weighted by Crippen LogP contribution is 2.30. The number of imidazole rings is 1. The number of fused-ring (bicyclic) bond motifs is 1. The van der Waals surface area contributed by atoms with Crippen molar-refractivity contribution in [1.29, 1.82) is 0 Å². The maximum atomic E-state index is 12.9. The van der Waals surface area contributed by atoms with E-state index in [2.05, 4.69) is 24.9 Å². The molecule has 0 atom stereocenters. The van der Waals surface area contributed by atoms with Crippen LogP contribution in [0, 0.1) is 0 Å². The second kappa shape index (κ2) is 7.27.